The molecule has 6 nitrogen and oxygen atoms in total. The van der Waals surface area contributed by atoms with Gasteiger partial charge in [-0.2, -0.15) is 13.2 Å². The minimum Gasteiger partial charge on any atom is -0.335 e. The van der Waals surface area contributed by atoms with E-state index < -0.39 is 17.9 Å². The van der Waals surface area contributed by atoms with Crippen LogP contribution >= 0.6 is 27.7 Å². The summed E-state index contributed by atoms with van der Waals surface area (Å²) < 4.78 is 38.5. The van der Waals surface area contributed by atoms with E-state index in [1.165, 1.54) is 0 Å². The Labute approximate surface area is 135 Å². The molecule has 22 heavy (non-hydrogen) atoms. The third-order valence-electron chi connectivity index (χ3n) is 2.40. The van der Waals surface area contributed by atoms with Gasteiger partial charge in [0.05, 0.1) is 11.4 Å². The SMILES string of the molecule is Nn1c(SCC(=O)Nc2ccccc2Br)nnc1C(F)(F)F. The summed E-state index contributed by atoms with van der Waals surface area (Å²) in [6.07, 6.45) is -4.70. The summed E-state index contributed by atoms with van der Waals surface area (Å²) in [6, 6.07) is 6.94. The standard InChI is InChI=1S/C11H9BrF3N5OS/c12-6-3-1-2-4-7(6)17-8(21)5-22-10-19-18-9(20(10)16)11(13,14)15/h1-4H,5,16H2,(H,17,21). The number of halogens is 4. The Morgan fingerprint density at radius 3 is 2.64 bits per heavy atom. The topological polar surface area (TPSA) is 85.8 Å². The average molecular weight is 396 g/mol. The number of nitrogens with two attached hydrogens (primary N) is 1. The maximum Gasteiger partial charge on any atom is 0.453 e. The molecule has 0 aliphatic carbocycles. The maximum atomic E-state index is 12.5. The molecule has 2 rings (SSSR count). The number of benzene rings is 1. The van der Waals surface area contributed by atoms with Crippen molar-refractivity contribution < 1.29 is 18.0 Å². The highest BCUT2D eigenvalue weighted by molar-refractivity contribution is 9.10. The van der Waals surface area contributed by atoms with Gasteiger partial charge in [0.1, 0.15) is 0 Å². The van der Waals surface area contributed by atoms with Crippen molar-refractivity contribution in [1.82, 2.24) is 14.9 Å². The summed E-state index contributed by atoms with van der Waals surface area (Å²) in [5.74, 6) is 3.38. The number of anilines is 1. The fourth-order valence-electron chi connectivity index (χ4n) is 1.45. The van der Waals surface area contributed by atoms with Crippen LogP contribution in [0.2, 0.25) is 0 Å². The van der Waals surface area contributed by atoms with E-state index in [0.29, 0.717) is 14.8 Å². The fourth-order valence-corrected chi connectivity index (χ4v) is 2.49. The summed E-state index contributed by atoms with van der Waals surface area (Å²) in [7, 11) is 0. The lowest BCUT2D eigenvalue weighted by atomic mass is 10.3. The molecule has 0 fully saturated rings. The van der Waals surface area contributed by atoms with E-state index in [9.17, 15) is 18.0 Å². The van der Waals surface area contributed by atoms with Crippen LogP contribution in [-0.2, 0) is 11.0 Å². The molecule has 3 N–H and O–H groups in total. The number of alkyl halides is 3. The van der Waals surface area contributed by atoms with Gasteiger partial charge < -0.3 is 11.2 Å². The number of thioether (sulfide) groups is 1. The summed E-state index contributed by atoms with van der Waals surface area (Å²) in [5.41, 5.74) is 0.554. The lowest BCUT2D eigenvalue weighted by Crippen LogP contribution is -2.22. The van der Waals surface area contributed by atoms with Gasteiger partial charge in [0.15, 0.2) is 0 Å². The lowest BCUT2D eigenvalue weighted by Gasteiger charge is -2.07. The molecule has 1 amide bonds. The predicted octanol–water partition coefficient (Wildman–Crippen LogP) is 2.50. The first-order chi connectivity index (χ1) is 10.3. The number of para-hydroxylation sites is 1. The largest absolute Gasteiger partial charge is 0.453 e. The molecule has 11 heteroatoms. The van der Waals surface area contributed by atoms with Gasteiger partial charge in [-0.25, -0.2) is 4.68 Å². The van der Waals surface area contributed by atoms with Gasteiger partial charge in [0.25, 0.3) is 5.82 Å². The van der Waals surface area contributed by atoms with Gasteiger partial charge in [0, 0.05) is 4.47 Å². The molecule has 1 heterocycles. The molecule has 0 saturated carbocycles. The average Bonchev–Trinajstić information content (AvgIpc) is 2.80. The molecule has 0 saturated heterocycles. The van der Waals surface area contributed by atoms with Crippen LogP contribution in [0, 0.1) is 0 Å². The molecular weight excluding hydrogens is 387 g/mol. The third kappa shape index (κ3) is 3.91. The molecule has 118 valence electrons. The number of hydrogen-bond acceptors (Lipinski definition) is 5. The summed E-state index contributed by atoms with van der Waals surface area (Å²) in [4.78, 5) is 11.8. The number of hydrogen-bond donors (Lipinski definition) is 2. The van der Waals surface area contributed by atoms with E-state index >= 15 is 0 Å². The second-order valence-electron chi connectivity index (χ2n) is 3.99. The lowest BCUT2D eigenvalue weighted by molar-refractivity contribution is -0.146. The van der Waals surface area contributed by atoms with Gasteiger partial charge in [0.2, 0.25) is 11.1 Å². The first-order valence-electron chi connectivity index (χ1n) is 5.74. The number of carbonyl (C=O) groups is 1. The van der Waals surface area contributed by atoms with E-state index in [2.05, 4.69) is 31.4 Å². The summed E-state index contributed by atoms with van der Waals surface area (Å²) in [6.45, 7) is 0. The molecule has 0 atom stereocenters. The molecule has 0 spiro atoms. The molecule has 0 aliphatic heterocycles. The van der Waals surface area contributed by atoms with Gasteiger partial charge in [-0.3, -0.25) is 4.79 Å². The van der Waals surface area contributed by atoms with Crippen molar-refractivity contribution in [2.24, 2.45) is 0 Å². The molecule has 1 aromatic heterocycles. The summed E-state index contributed by atoms with van der Waals surface area (Å²) in [5, 5.41) is 8.70. The highest BCUT2D eigenvalue weighted by atomic mass is 79.9. The smallest absolute Gasteiger partial charge is 0.335 e. The number of carbonyl (C=O) groups excluding carboxylic acids is 1. The molecule has 2 aromatic rings. The van der Waals surface area contributed by atoms with E-state index in [4.69, 9.17) is 5.84 Å². The summed E-state index contributed by atoms with van der Waals surface area (Å²) >= 11 is 4.02. The second kappa shape index (κ2) is 6.57. The zero-order valence-corrected chi connectivity index (χ0v) is 13.2. The van der Waals surface area contributed by atoms with Crippen molar-refractivity contribution in [2.45, 2.75) is 11.3 Å². The van der Waals surface area contributed by atoms with Gasteiger partial charge >= 0.3 is 6.18 Å². The van der Waals surface area contributed by atoms with E-state index in [1.807, 2.05) is 0 Å². The number of rotatable bonds is 4. The van der Waals surface area contributed by atoms with E-state index in [0.717, 1.165) is 11.8 Å². The van der Waals surface area contributed by atoms with Gasteiger partial charge in [-0.05, 0) is 28.1 Å². The van der Waals surface area contributed by atoms with Crippen LogP contribution in [0.15, 0.2) is 33.9 Å². The fraction of sp³-hybridized carbons (Fsp3) is 0.182. The second-order valence-corrected chi connectivity index (χ2v) is 5.79. The molecule has 1 aromatic carbocycles. The van der Waals surface area contributed by atoms with Crippen molar-refractivity contribution >= 4 is 39.3 Å². The Morgan fingerprint density at radius 1 is 1.36 bits per heavy atom. The Balaban J connectivity index is 1.98. The molecular formula is C11H9BrF3N5OS. The van der Waals surface area contributed by atoms with Crippen LogP contribution in [0.4, 0.5) is 18.9 Å². The number of aromatic nitrogens is 3. The Kier molecular flexibility index (Phi) is 4.96. The van der Waals surface area contributed by atoms with Crippen LogP contribution in [0.1, 0.15) is 5.82 Å². The van der Waals surface area contributed by atoms with Crippen LogP contribution in [0.5, 0.6) is 0 Å². The van der Waals surface area contributed by atoms with Crippen LogP contribution < -0.4 is 11.2 Å². The van der Waals surface area contributed by atoms with Crippen LogP contribution in [-0.4, -0.2) is 26.5 Å². The first-order valence-corrected chi connectivity index (χ1v) is 7.51. The number of amides is 1. The van der Waals surface area contributed by atoms with Crippen LogP contribution in [0.25, 0.3) is 0 Å². The normalized spacial score (nSPS) is 11.5. The van der Waals surface area contributed by atoms with E-state index in [-0.39, 0.29) is 10.9 Å². The van der Waals surface area contributed by atoms with Crippen molar-refractivity contribution in [3.8, 4) is 0 Å². The van der Waals surface area contributed by atoms with Crippen molar-refractivity contribution in [1.29, 1.82) is 0 Å². The molecule has 0 bridgehead atoms. The highest BCUT2D eigenvalue weighted by Crippen LogP contribution is 2.29. The van der Waals surface area contributed by atoms with Crippen molar-refractivity contribution in [2.75, 3.05) is 16.9 Å². The number of nitrogen functional groups attached to an aromatic ring is 1. The monoisotopic (exact) mass is 395 g/mol. The van der Waals surface area contributed by atoms with E-state index in [1.54, 1.807) is 24.3 Å². The number of nitrogens with zero attached hydrogens (tertiary/aromatic N) is 3. The van der Waals surface area contributed by atoms with Crippen molar-refractivity contribution in [3.05, 3.63) is 34.6 Å². The Hall–Kier alpha value is -1.75. The number of nitrogens with one attached hydrogen (secondary N) is 1. The Bertz CT molecular complexity index is 691. The predicted molar refractivity (Wildman–Crippen MR) is 78.7 cm³/mol. The molecule has 0 radical (unpaired) electrons. The van der Waals surface area contributed by atoms with Crippen LogP contribution in [0.3, 0.4) is 0 Å². The van der Waals surface area contributed by atoms with Gasteiger partial charge in [-0.1, -0.05) is 23.9 Å². The third-order valence-corrected chi connectivity index (χ3v) is 4.03. The van der Waals surface area contributed by atoms with Gasteiger partial charge in [-0.15, -0.1) is 10.2 Å². The zero-order valence-electron chi connectivity index (χ0n) is 10.8. The quantitative estimate of drug-likeness (QED) is 0.613. The molecule has 0 unspecified atom stereocenters. The first kappa shape index (κ1) is 16.6. The zero-order chi connectivity index (χ0) is 16.3. The minimum atomic E-state index is -4.70. The molecule has 0 aliphatic rings. The Morgan fingerprint density at radius 2 is 2.05 bits per heavy atom. The van der Waals surface area contributed by atoms with Crippen molar-refractivity contribution in [3.63, 3.8) is 0 Å². The highest BCUT2D eigenvalue weighted by Gasteiger charge is 2.38. The minimum absolute atomic E-state index is 0.158. The maximum absolute atomic E-state index is 12.5.